The van der Waals surface area contributed by atoms with Crippen molar-refractivity contribution in [3.05, 3.63) is 24.0 Å². The summed E-state index contributed by atoms with van der Waals surface area (Å²) in [7, 11) is 0. The zero-order valence-corrected chi connectivity index (χ0v) is 6.16. The van der Waals surface area contributed by atoms with Crippen LogP contribution in [-0.4, -0.2) is 17.1 Å². The Morgan fingerprint density at radius 1 is 1.82 bits per heavy atom. The lowest BCUT2D eigenvalue weighted by molar-refractivity contribution is -0.109. The van der Waals surface area contributed by atoms with E-state index in [4.69, 9.17) is 0 Å². The van der Waals surface area contributed by atoms with Gasteiger partial charge >= 0.3 is 0 Å². The van der Waals surface area contributed by atoms with Crippen molar-refractivity contribution in [2.75, 3.05) is 0 Å². The van der Waals surface area contributed by atoms with Gasteiger partial charge in [-0.15, -0.1) is 0 Å². The van der Waals surface area contributed by atoms with E-state index in [1.165, 1.54) is 0 Å². The van der Waals surface area contributed by atoms with Crippen molar-refractivity contribution in [2.24, 2.45) is 5.10 Å². The molecule has 0 aliphatic rings. The summed E-state index contributed by atoms with van der Waals surface area (Å²) in [6.45, 7) is 1.81. The molecule has 1 heterocycles. The standard InChI is InChI=1S/C7H9N3O/c1-6(10-9-5-11)7-3-2-4-8-7/h2-5,8H,1H3,(H,9,11)/b10-6-. The molecule has 4 heteroatoms. The lowest BCUT2D eigenvalue weighted by Gasteiger charge is -1.93. The van der Waals surface area contributed by atoms with Gasteiger partial charge in [0.2, 0.25) is 6.41 Å². The van der Waals surface area contributed by atoms with Crippen LogP contribution in [0.4, 0.5) is 0 Å². The molecule has 0 unspecified atom stereocenters. The lowest BCUT2D eigenvalue weighted by atomic mass is 10.3. The SMILES string of the molecule is C/C(=N/NC=O)c1ccc[nH]1. The van der Waals surface area contributed by atoms with E-state index in [2.05, 4.69) is 15.5 Å². The second-order valence-electron chi connectivity index (χ2n) is 2.03. The molecule has 0 saturated heterocycles. The van der Waals surface area contributed by atoms with Crippen molar-refractivity contribution < 1.29 is 4.79 Å². The molecule has 11 heavy (non-hydrogen) atoms. The third kappa shape index (κ3) is 1.93. The van der Waals surface area contributed by atoms with E-state index in [0.717, 1.165) is 11.4 Å². The van der Waals surface area contributed by atoms with Crippen LogP contribution in [0.15, 0.2) is 23.4 Å². The molecule has 0 saturated carbocycles. The third-order valence-electron chi connectivity index (χ3n) is 1.27. The second kappa shape index (κ2) is 3.55. The van der Waals surface area contributed by atoms with Gasteiger partial charge < -0.3 is 4.98 Å². The van der Waals surface area contributed by atoms with Crippen LogP contribution in [0, 0.1) is 0 Å². The van der Waals surface area contributed by atoms with E-state index in [1.807, 2.05) is 19.1 Å². The fourth-order valence-electron chi connectivity index (χ4n) is 0.739. The summed E-state index contributed by atoms with van der Waals surface area (Å²) in [5, 5.41) is 3.75. The van der Waals surface area contributed by atoms with E-state index < -0.39 is 0 Å². The van der Waals surface area contributed by atoms with E-state index >= 15 is 0 Å². The molecule has 0 aliphatic carbocycles. The largest absolute Gasteiger partial charge is 0.360 e. The van der Waals surface area contributed by atoms with E-state index in [1.54, 1.807) is 6.20 Å². The molecule has 0 aliphatic heterocycles. The van der Waals surface area contributed by atoms with Gasteiger partial charge in [-0.2, -0.15) is 5.10 Å². The van der Waals surface area contributed by atoms with Crippen molar-refractivity contribution in [3.8, 4) is 0 Å². The van der Waals surface area contributed by atoms with Crippen LogP contribution >= 0.6 is 0 Å². The Morgan fingerprint density at radius 2 is 2.64 bits per heavy atom. The second-order valence-corrected chi connectivity index (χ2v) is 2.03. The van der Waals surface area contributed by atoms with Gasteiger partial charge in [0.1, 0.15) is 0 Å². The predicted octanol–water partition coefficient (Wildman–Crippen LogP) is 0.485. The van der Waals surface area contributed by atoms with Gasteiger partial charge in [-0.3, -0.25) is 4.79 Å². The lowest BCUT2D eigenvalue weighted by Crippen LogP contribution is -2.06. The first-order valence-corrected chi connectivity index (χ1v) is 3.22. The number of carbonyl (C=O) groups excluding carboxylic acids is 1. The van der Waals surface area contributed by atoms with E-state index in [-0.39, 0.29) is 0 Å². The summed E-state index contributed by atoms with van der Waals surface area (Å²) < 4.78 is 0. The molecular formula is C7H9N3O. The number of hydrogen-bond donors (Lipinski definition) is 2. The minimum atomic E-state index is 0.534. The first-order chi connectivity index (χ1) is 5.34. The molecule has 0 atom stereocenters. The Kier molecular flexibility index (Phi) is 2.43. The van der Waals surface area contributed by atoms with Crippen LogP contribution in [0.5, 0.6) is 0 Å². The molecular weight excluding hydrogens is 142 g/mol. The van der Waals surface area contributed by atoms with Crippen LogP contribution < -0.4 is 5.43 Å². The minimum Gasteiger partial charge on any atom is -0.360 e. The maximum Gasteiger partial charge on any atom is 0.227 e. The number of hydrogen-bond acceptors (Lipinski definition) is 2. The summed E-state index contributed by atoms with van der Waals surface area (Å²) >= 11 is 0. The number of aromatic amines is 1. The van der Waals surface area contributed by atoms with Crippen molar-refractivity contribution in [1.82, 2.24) is 10.4 Å². The molecule has 1 rings (SSSR count). The van der Waals surface area contributed by atoms with Crippen LogP contribution in [0.25, 0.3) is 0 Å². The molecule has 4 nitrogen and oxygen atoms in total. The van der Waals surface area contributed by atoms with Gasteiger partial charge in [0.05, 0.1) is 11.4 Å². The van der Waals surface area contributed by atoms with Gasteiger partial charge in [0.15, 0.2) is 0 Å². The highest BCUT2D eigenvalue weighted by molar-refractivity contribution is 5.97. The molecule has 1 amide bonds. The molecule has 0 radical (unpaired) electrons. The Balaban J connectivity index is 2.68. The quantitative estimate of drug-likeness (QED) is 0.368. The maximum absolute atomic E-state index is 9.85. The van der Waals surface area contributed by atoms with E-state index in [9.17, 15) is 4.79 Å². The maximum atomic E-state index is 9.85. The average molecular weight is 151 g/mol. The molecule has 1 aromatic heterocycles. The smallest absolute Gasteiger partial charge is 0.227 e. The van der Waals surface area contributed by atoms with Crippen molar-refractivity contribution in [1.29, 1.82) is 0 Å². The Labute approximate surface area is 64.3 Å². The minimum absolute atomic E-state index is 0.534. The Hall–Kier alpha value is -1.58. The number of rotatable bonds is 3. The fraction of sp³-hybridized carbons (Fsp3) is 0.143. The average Bonchev–Trinajstić information content (AvgIpc) is 2.52. The van der Waals surface area contributed by atoms with Gasteiger partial charge in [-0.05, 0) is 19.1 Å². The van der Waals surface area contributed by atoms with Crippen LogP contribution in [0.1, 0.15) is 12.6 Å². The molecule has 1 aromatic rings. The molecule has 0 aromatic carbocycles. The first kappa shape index (κ1) is 7.53. The van der Waals surface area contributed by atoms with Crippen molar-refractivity contribution >= 4 is 12.1 Å². The summed E-state index contributed by atoms with van der Waals surface area (Å²) in [6.07, 6.45) is 2.34. The summed E-state index contributed by atoms with van der Waals surface area (Å²) in [6, 6.07) is 3.75. The number of nitrogens with one attached hydrogen (secondary N) is 2. The topological polar surface area (TPSA) is 57.2 Å². The highest BCUT2D eigenvalue weighted by Gasteiger charge is 1.94. The van der Waals surface area contributed by atoms with Gasteiger partial charge in [0, 0.05) is 6.20 Å². The fourth-order valence-corrected chi connectivity index (χ4v) is 0.739. The van der Waals surface area contributed by atoms with Crippen LogP contribution in [0.2, 0.25) is 0 Å². The van der Waals surface area contributed by atoms with Gasteiger partial charge in [0.25, 0.3) is 0 Å². The van der Waals surface area contributed by atoms with Gasteiger partial charge in [-0.1, -0.05) is 0 Å². The monoisotopic (exact) mass is 151 g/mol. The van der Waals surface area contributed by atoms with E-state index in [0.29, 0.717) is 6.41 Å². The number of amides is 1. The third-order valence-corrected chi connectivity index (χ3v) is 1.27. The molecule has 0 spiro atoms. The predicted molar refractivity (Wildman–Crippen MR) is 42.2 cm³/mol. The van der Waals surface area contributed by atoms with Crippen LogP contribution in [-0.2, 0) is 4.79 Å². The van der Waals surface area contributed by atoms with Gasteiger partial charge in [-0.25, -0.2) is 5.43 Å². The Morgan fingerprint density at radius 3 is 3.18 bits per heavy atom. The summed E-state index contributed by atoms with van der Waals surface area (Å²) in [4.78, 5) is 12.8. The normalized spacial score (nSPS) is 11.2. The highest BCUT2D eigenvalue weighted by atomic mass is 16.1. The molecule has 2 N–H and O–H groups in total. The number of hydrazone groups is 1. The summed E-state index contributed by atoms with van der Waals surface area (Å²) in [5.41, 5.74) is 3.88. The highest BCUT2D eigenvalue weighted by Crippen LogP contribution is 1.95. The Bertz CT molecular complexity index is 251. The number of aromatic nitrogens is 1. The summed E-state index contributed by atoms with van der Waals surface area (Å²) in [5.74, 6) is 0. The van der Waals surface area contributed by atoms with Crippen molar-refractivity contribution in [3.63, 3.8) is 0 Å². The first-order valence-electron chi connectivity index (χ1n) is 3.22. The zero-order chi connectivity index (χ0) is 8.10. The number of H-pyrrole nitrogens is 1. The zero-order valence-electron chi connectivity index (χ0n) is 6.16. The number of nitrogens with zero attached hydrogens (tertiary/aromatic N) is 1. The molecule has 0 bridgehead atoms. The number of carbonyl (C=O) groups is 1. The van der Waals surface area contributed by atoms with Crippen molar-refractivity contribution in [2.45, 2.75) is 6.92 Å². The van der Waals surface area contributed by atoms with Crippen LogP contribution in [0.3, 0.4) is 0 Å². The molecule has 58 valence electrons. The molecule has 0 fully saturated rings.